The van der Waals surface area contributed by atoms with Gasteiger partial charge in [-0.05, 0) is 0 Å². The maximum absolute atomic E-state index is 10.7. The number of β-lactam (4-membered cyclic amide) rings is 1. The molecule has 50 valence electrons. The molecule has 1 aliphatic rings. The second-order valence-corrected chi connectivity index (χ2v) is 2.55. The Hall–Kier alpha value is -0.500. The van der Waals surface area contributed by atoms with Crippen molar-refractivity contribution in [1.82, 2.24) is 4.90 Å². The molecule has 3 heteroatoms. The van der Waals surface area contributed by atoms with Crippen molar-refractivity contribution in [3.05, 3.63) is 12.7 Å². The molecule has 1 aliphatic heterocycles. The van der Waals surface area contributed by atoms with Gasteiger partial charge >= 0.3 is 0 Å². The summed E-state index contributed by atoms with van der Waals surface area (Å²) in [6.07, 6.45) is 1.68. The third kappa shape index (κ3) is 0.741. The summed E-state index contributed by atoms with van der Waals surface area (Å²) in [6, 6.07) is 0.0409. The van der Waals surface area contributed by atoms with Crippen molar-refractivity contribution < 1.29 is 4.79 Å². The number of likely N-dealkylation sites (N-methyl/N-ethyl adjacent to an activating group) is 1. The zero-order valence-electron chi connectivity index (χ0n) is 5.17. The molecule has 1 rings (SSSR count). The molecule has 0 unspecified atom stereocenters. The van der Waals surface area contributed by atoms with Gasteiger partial charge in [-0.1, -0.05) is 6.08 Å². The number of hydrogen-bond acceptors (Lipinski definition) is 1. The van der Waals surface area contributed by atoms with Crippen molar-refractivity contribution in [2.45, 2.75) is 11.4 Å². The van der Waals surface area contributed by atoms with E-state index in [1.807, 2.05) is 0 Å². The smallest absolute Gasteiger partial charge is 0.243 e. The molecule has 1 saturated heterocycles. The first-order valence-corrected chi connectivity index (χ1v) is 3.15. The molecule has 0 aromatic carbocycles. The Morgan fingerprint density at radius 2 is 2.44 bits per heavy atom. The molecule has 1 amide bonds. The lowest BCUT2D eigenvalue weighted by Crippen LogP contribution is -2.59. The van der Waals surface area contributed by atoms with E-state index in [2.05, 4.69) is 6.58 Å². The lowest BCUT2D eigenvalue weighted by molar-refractivity contribution is -0.140. The van der Waals surface area contributed by atoms with Gasteiger partial charge in [0.05, 0.1) is 6.04 Å². The number of halogens is 1. The van der Waals surface area contributed by atoms with Crippen molar-refractivity contribution in [2.75, 3.05) is 7.05 Å². The van der Waals surface area contributed by atoms with Crippen LogP contribution in [0.2, 0.25) is 0 Å². The highest BCUT2D eigenvalue weighted by Gasteiger charge is 2.41. The van der Waals surface area contributed by atoms with E-state index in [1.165, 1.54) is 0 Å². The third-order valence-electron chi connectivity index (χ3n) is 1.57. The van der Waals surface area contributed by atoms with E-state index < -0.39 is 0 Å². The van der Waals surface area contributed by atoms with Crippen LogP contribution in [0.1, 0.15) is 0 Å². The minimum Gasteiger partial charge on any atom is -0.336 e. The van der Waals surface area contributed by atoms with Crippen LogP contribution < -0.4 is 0 Å². The zero-order chi connectivity index (χ0) is 7.02. The first-order valence-electron chi connectivity index (χ1n) is 2.71. The topological polar surface area (TPSA) is 20.3 Å². The summed E-state index contributed by atoms with van der Waals surface area (Å²) in [5.41, 5.74) is 0. The Morgan fingerprint density at radius 3 is 2.67 bits per heavy atom. The first kappa shape index (κ1) is 6.62. The van der Waals surface area contributed by atoms with Gasteiger partial charge in [0.2, 0.25) is 5.91 Å². The summed E-state index contributed by atoms with van der Waals surface area (Å²) in [6.45, 7) is 3.54. The lowest BCUT2D eigenvalue weighted by atomic mass is 10.0. The molecular formula is C6H8ClNO. The molecule has 1 fully saturated rings. The molecule has 2 nitrogen and oxygen atoms in total. The Morgan fingerprint density at radius 1 is 1.89 bits per heavy atom. The number of hydrogen-bond donors (Lipinski definition) is 0. The van der Waals surface area contributed by atoms with Gasteiger partial charge in [0, 0.05) is 7.05 Å². The van der Waals surface area contributed by atoms with E-state index >= 15 is 0 Å². The number of carbonyl (C=O) groups is 1. The second kappa shape index (κ2) is 2.03. The van der Waals surface area contributed by atoms with Crippen molar-refractivity contribution in [3.8, 4) is 0 Å². The van der Waals surface area contributed by atoms with Crippen LogP contribution in [-0.4, -0.2) is 29.3 Å². The standard InChI is InChI=1S/C6H8ClNO/c1-3-4-5(7)6(9)8(4)2/h3-5H,1H2,2H3/t4-,5+/m0/s1. The quantitative estimate of drug-likeness (QED) is 0.301. The van der Waals surface area contributed by atoms with Gasteiger partial charge in [0.1, 0.15) is 5.38 Å². The monoisotopic (exact) mass is 145 g/mol. The molecule has 0 N–H and O–H groups in total. The molecule has 2 atom stereocenters. The van der Waals surface area contributed by atoms with E-state index in [9.17, 15) is 4.79 Å². The van der Waals surface area contributed by atoms with Crippen molar-refractivity contribution in [2.24, 2.45) is 0 Å². The molecule has 0 spiro atoms. The van der Waals surface area contributed by atoms with E-state index in [0.717, 1.165) is 0 Å². The van der Waals surface area contributed by atoms with Crippen LogP contribution in [0.4, 0.5) is 0 Å². The van der Waals surface area contributed by atoms with Crippen LogP contribution in [-0.2, 0) is 4.79 Å². The van der Waals surface area contributed by atoms with Gasteiger partial charge in [-0.15, -0.1) is 18.2 Å². The highest BCUT2D eigenvalue weighted by atomic mass is 35.5. The van der Waals surface area contributed by atoms with Crippen LogP contribution in [0.3, 0.4) is 0 Å². The fourth-order valence-corrected chi connectivity index (χ4v) is 1.31. The lowest BCUT2D eigenvalue weighted by Gasteiger charge is -2.39. The van der Waals surface area contributed by atoms with Crippen LogP contribution in [0.5, 0.6) is 0 Å². The molecule has 0 radical (unpaired) electrons. The Bertz CT molecular complexity index is 145. The largest absolute Gasteiger partial charge is 0.336 e. The highest BCUT2D eigenvalue weighted by Crippen LogP contribution is 2.23. The zero-order valence-corrected chi connectivity index (χ0v) is 5.93. The van der Waals surface area contributed by atoms with Gasteiger partial charge in [-0.2, -0.15) is 0 Å². The summed E-state index contributed by atoms with van der Waals surface area (Å²) in [5, 5.41) is -0.368. The molecule has 0 aliphatic carbocycles. The molecule has 9 heavy (non-hydrogen) atoms. The molecule has 0 aromatic heterocycles. The van der Waals surface area contributed by atoms with Gasteiger partial charge in [0.25, 0.3) is 0 Å². The first-order chi connectivity index (χ1) is 4.18. The number of likely N-dealkylation sites (tertiary alicyclic amines) is 1. The van der Waals surface area contributed by atoms with Gasteiger partial charge in [-0.25, -0.2) is 0 Å². The molecule has 0 aromatic rings. The molecule has 0 bridgehead atoms. The number of alkyl halides is 1. The van der Waals surface area contributed by atoms with Crippen molar-refractivity contribution >= 4 is 17.5 Å². The van der Waals surface area contributed by atoms with Crippen molar-refractivity contribution in [3.63, 3.8) is 0 Å². The summed E-state index contributed by atoms with van der Waals surface area (Å²) < 4.78 is 0. The maximum Gasteiger partial charge on any atom is 0.243 e. The van der Waals surface area contributed by atoms with Crippen LogP contribution >= 0.6 is 11.6 Å². The van der Waals surface area contributed by atoms with Gasteiger partial charge in [-0.3, -0.25) is 4.79 Å². The Kier molecular flexibility index (Phi) is 1.49. The number of rotatable bonds is 1. The van der Waals surface area contributed by atoms with Gasteiger partial charge < -0.3 is 4.90 Å². The molecule has 1 heterocycles. The summed E-state index contributed by atoms with van der Waals surface area (Å²) in [7, 11) is 1.72. The van der Waals surface area contributed by atoms with Crippen LogP contribution in [0.25, 0.3) is 0 Å². The third-order valence-corrected chi connectivity index (χ3v) is 2.02. The fourth-order valence-electron chi connectivity index (χ4n) is 0.879. The van der Waals surface area contributed by atoms with E-state index in [0.29, 0.717) is 0 Å². The SMILES string of the molecule is C=C[C@H]1[C@@H](Cl)C(=O)N1C. The molecule has 0 saturated carbocycles. The number of nitrogens with zero attached hydrogens (tertiary/aromatic N) is 1. The van der Waals surface area contributed by atoms with E-state index in [1.54, 1.807) is 18.0 Å². The summed E-state index contributed by atoms with van der Waals surface area (Å²) in [4.78, 5) is 12.3. The van der Waals surface area contributed by atoms with E-state index in [4.69, 9.17) is 11.6 Å². The minimum atomic E-state index is -0.368. The van der Waals surface area contributed by atoms with Crippen molar-refractivity contribution in [1.29, 1.82) is 0 Å². The Labute approximate surface area is 59.1 Å². The van der Waals surface area contributed by atoms with E-state index in [-0.39, 0.29) is 17.3 Å². The van der Waals surface area contributed by atoms with Gasteiger partial charge in [0.15, 0.2) is 0 Å². The Balaban J connectivity index is 2.61. The summed E-state index contributed by atoms with van der Waals surface area (Å²) in [5.74, 6) is -0.0124. The average Bonchev–Trinajstić information content (AvgIpc) is 1.89. The average molecular weight is 146 g/mol. The normalized spacial score (nSPS) is 34.0. The predicted octanol–water partition coefficient (Wildman–Crippen LogP) is 0.620. The predicted molar refractivity (Wildman–Crippen MR) is 36.4 cm³/mol. The summed E-state index contributed by atoms with van der Waals surface area (Å²) >= 11 is 5.60. The maximum atomic E-state index is 10.7. The van der Waals surface area contributed by atoms with Crippen LogP contribution in [0, 0.1) is 0 Å². The number of carbonyl (C=O) groups excluding carboxylic acids is 1. The number of amides is 1. The molecular weight excluding hydrogens is 138 g/mol. The minimum absolute atomic E-state index is 0.0124. The van der Waals surface area contributed by atoms with Crippen LogP contribution in [0.15, 0.2) is 12.7 Å². The second-order valence-electron chi connectivity index (χ2n) is 2.08. The highest BCUT2D eigenvalue weighted by molar-refractivity contribution is 6.33. The fraction of sp³-hybridized carbons (Fsp3) is 0.500.